The topological polar surface area (TPSA) is 29.9 Å². The second kappa shape index (κ2) is 7.21. The van der Waals surface area contributed by atoms with Crippen molar-refractivity contribution in [2.24, 2.45) is 0 Å². The molecule has 0 fully saturated rings. The summed E-state index contributed by atoms with van der Waals surface area (Å²) in [7, 11) is -1.61. The van der Waals surface area contributed by atoms with E-state index >= 15 is 0 Å². The van der Waals surface area contributed by atoms with Gasteiger partial charge >= 0.3 is 6.98 Å². The van der Waals surface area contributed by atoms with E-state index < -0.39 is 8.07 Å². The first kappa shape index (κ1) is 18.4. The van der Waals surface area contributed by atoms with Crippen LogP contribution in [0.3, 0.4) is 0 Å². The van der Waals surface area contributed by atoms with Crippen molar-refractivity contribution < 1.29 is 0 Å². The van der Waals surface area contributed by atoms with Gasteiger partial charge < -0.3 is 5.23 Å². The lowest BCUT2D eigenvalue weighted by atomic mass is 9.66. The van der Waals surface area contributed by atoms with Crippen LogP contribution in [0.25, 0.3) is 11.3 Å². The van der Waals surface area contributed by atoms with E-state index in [0.717, 1.165) is 16.4 Å². The molecule has 1 aliphatic rings. The number of benzene rings is 2. The Balaban J connectivity index is 1.91. The maximum absolute atomic E-state index is 6.47. The summed E-state index contributed by atoms with van der Waals surface area (Å²) in [6, 6.07) is 20.7. The number of hydrogen-bond donors (Lipinski definition) is 1. The normalized spacial score (nSPS) is 13.1. The number of nitrogens with zero attached hydrogens (tertiary/aromatic N) is 2. The van der Waals surface area contributed by atoms with Crippen molar-refractivity contribution in [2.45, 2.75) is 38.9 Å². The molecule has 0 unspecified atom stereocenters. The molecule has 0 aliphatic carbocycles. The molecule has 2 heterocycles. The third-order valence-corrected chi connectivity index (χ3v) is 12.2. The Labute approximate surface area is 167 Å². The molecule has 4 rings (SSSR count). The van der Waals surface area contributed by atoms with E-state index in [9.17, 15) is 0 Å². The van der Waals surface area contributed by atoms with Gasteiger partial charge in [-0.2, -0.15) is 5.10 Å². The van der Waals surface area contributed by atoms with E-state index in [1.165, 1.54) is 34.3 Å². The SMILES string of the molecule is CC[Si](CC)(CC)c1cc(Cl)ccc1B1Nc2ccccc2-c2ccnn21. The van der Waals surface area contributed by atoms with Gasteiger partial charge in [-0.25, -0.2) is 0 Å². The van der Waals surface area contributed by atoms with Crippen LogP contribution in [-0.2, 0) is 0 Å². The van der Waals surface area contributed by atoms with Gasteiger partial charge in [0.25, 0.3) is 0 Å². The number of halogens is 1. The summed E-state index contributed by atoms with van der Waals surface area (Å²) >= 11 is 6.47. The Bertz CT molecular complexity index is 959. The van der Waals surface area contributed by atoms with Crippen molar-refractivity contribution in [3.8, 4) is 11.3 Å². The lowest BCUT2D eigenvalue weighted by molar-refractivity contribution is 0.963. The summed E-state index contributed by atoms with van der Waals surface area (Å²) in [4.78, 5) is 0. The van der Waals surface area contributed by atoms with Gasteiger partial charge in [0.05, 0.1) is 13.8 Å². The van der Waals surface area contributed by atoms with Crippen LogP contribution < -0.4 is 15.9 Å². The fourth-order valence-electron chi connectivity index (χ4n) is 4.53. The highest BCUT2D eigenvalue weighted by Gasteiger charge is 2.38. The Morgan fingerprint density at radius 2 is 1.78 bits per heavy atom. The zero-order chi connectivity index (χ0) is 19.0. The van der Waals surface area contributed by atoms with Crippen LogP contribution in [0.2, 0.25) is 23.2 Å². The summed E-state index contributed by atoms with van der Waals surface area (Å²) in [5.41, 5.74) is 4.84. The number of anilines is 1. The number of para-hydroxylation sites is 1. The summed E-state index contributed by atoms with van der Waals surface area (Å²) in [6.07, 6.45) is 1.89. The Hall–Kier alpha value is -1.98. The number of rotatable bonds is 5. The van der Waals surface area contributed by atoms with Gasteiger partial charge in [-0.1, -0.05) is 80.0 Å². The standard InChI is InChI=1S/C21H25BClN3Si/c1-4-27(5-2,6-3)21-15-16(23)11-12-18(21)22-25-19-10-8-7-9-17(19)20-13-14-24-26(20)22/h7-15,25H,4-6H2,1-3H3. The highest BCUT2D eigenvalue weighted by atomic mass is 35.5. The zero-order valence-electron chi connectivity index (χ0n) is 16.2. The molecule has 0 saturated carbocycles. The molecule has 0 bridgehead atoms. The minimum Gasteiger partial charge on any atom is -0.404 e. The van der Waals surface area contributed by atoms with Gasteiger partial charge in [0.2, 0.25) is 0 Å². The van der Waals surface area contributed by atoms with Crippen molar-refractivity contribution in [1.29, 1.82) is 0 Å². The number of fused-ring (bicyclic) bond motifs is 3. The van der Waals surface area contributed by atoms with Gasteiger partial charge in [0.1, 0.15) is 0 Å². The molecule has 0 saturated heterocycles. The van der Waals surface area contributed by atoms with Crippen molar-refractivity contribution in [3.05, 3.63) is 59.8 Å². The van der Waals surface area contributed by atoms with E-state index in [2.05, 4.69) is 78.2 Å². The Morgan fingerprint density at radius 1 is 1.04 bits per heavy atom. The third-order valence-electron chi connectivity index (χ3n) is 6.32. The monoisotopic (exact) mass is 393 g/mol. The van der Waals surface area contributed by atoms with Gasteiger partial charge in [-0.15, -0.1) is 0 Å². The predicted molar refractivity (Wildman–Crippen MR) is 120 cm³/mol. The van der Waals surface area contributed by atoms with Gasteiger partial charge in [0, 0.05) is 22.5 Å². The highest BCUT2D eigenvalue weighted by Crippen LogP contribution is 2.32. The Kier molecular flexibility index (Phi) is 4.91. The highest BCUT2D eigenvalue weighted by molar-refractivity contribution is 6.96. The number of hydrogen-bond acceptors (Lipinski definition) is 2. The van der Waals surface area contributed by atoms with Crippen LogP contribution in [0.1, 0.15) is 20.8 Å². The van der Waals surface area contributed by atoms with Gasteiger partial charge in [0.15, 0.2) is 0 Å². The molecule has 6 heteroatoms. The Morgan fingerprint density at radius 3 is 2.52 bits per heavy atom. The van der Waals surface area contributed by atoms with Crippen LogP contribution in [0.15, 0.2) is 54.7 Å². The third kappa shape index (κ3) is 2.93. The van der Waals surface area contributed by atoms with Crippen LogP contribution >= 0.6 is 11.6 Å². The maximum Gasteiger partial charge on any atom is 0.430 e. The molecule has 138 valence electrons. The molecule has 1 aromatic heterocycles. The van der Waals surface area contributed by atoms with Gasteiger partial charge in [-0.05, 0) is 29.7 Å². The maximum atomic E-state index is 6.47. The molecule has 0 atom stereocenters. The van der Waals surface area contributed by atoms with Crippen molar-refractivity contribution in [1.82, 2.24) is 9.69 Å². The van der Waals surface area contributed by atoms with E-state index in [1.54, 1.807) is 0 Å². The lowest BCUT2D eigenvalue weighted by Crippen LogP contribution is -2.61. The summed E-state index contributed by atoms with van der Waals surface area (Å²) in [5, 5.41) is 10.7. The average molecular weight is 394 g/mol. The summed E-state index contributed by atoms with van der Waals surface area (Å²) in [6.45, 7) is 7.01. The first-order chi connectivity index (χ1) is 13.1. The zero-order valence-corrected chi connectivity index (χ0v) is 17.9. The first-order valence-electron chi connectivity index (χ1n) is 9.83. The molecular weight excluding hydrogens is 369 g/mol. The fourth-order valence-corrected chi connectivity index (χ4v) is 8.73. The molecule has 27 heavy (non-hydrogen) atoms. The van der Waals surface area contributed by atoms with E-state index in [1.807, 2.05) is 12.3 Å². The molecule has 1 N–H and O–H groups in total. The van der Waals surface area contributed by atoms with Crippen LogP contribution in [0.5, 0.6) is 0 Å². The quantitative estimate of drug-likeness (QED) is 0.643. The molecule has 1 aliphatic heterocycles. The molecule has 3 aromatic rings. The molecular formula is C21H25BClN3Si. The first-order valence-corrected chi connectivity index (χ1v) is 12.8. The predicted octanol–water partition coefficient (Wildman–Crippen LogP) is 4.59. The molecule has 0 amide bonds. The van der Waals surface area contributed by atoms with Gasteiger partial charge in [-0.3, -0.25) is 4.59 Å². The fraction of sp³-hybridized carbons (Fsp3) is 0.286. The summed E-state index contributed by atoms with van der Waals surface area (Å²) < 4.78 is 2.12. The molecule has 3 nitrogen and oxygen atoms in total. The van der Waals surface area contributed by atoms with E-state index in [0.29, 0.717) is 0 Å². The second-order valence-corrected chi connectivity index (χ2v) is 13.0. The lowest BCUT2D eigenvalue weighted by Gasteiger charge is -2.34. The molecule has 0 radical (unpaired) electrons. The minimum absolute atomic E-state index is 0.00584. The van der Waals surface area contributed by atoms with Crippen LogP contribution in [-0.4, -0.2) is 24.7 Å². The van der Waals surface area contributed by atoms with Crippen LogP contribution in [0, 0.1) is 0 Å². The second-order valence-electron chi connectivity index (χ2n) is 7.33. The smallest absolute Gasteiger partial charge is 0.404 e. The van der Waals surface area contributed by atoms with Crippen LogP contribution in [0.4, 0.5) is 5.69 Å². The van der Waals surface area contributed by atoms with Crippen molar-refractivity contribution >= 4 is 43.0 Å². The largest absolute Gasteiger partial charge is 0.430 e. The minimum atomic E-state index is -1.61. The van der Waals surface area contributed by atoms with Crippen molar-refractivity contribution in [3.63, 3.8) is 0 Å². The van der Waals surface area contributed by atoms with Crippen molar-refractivity contribution in [2.75, 3.05) is 5.23 Å². The van der Waals surface area contributed by atoms with E-state index in [4.69, 9.17) is 11.6 Å². The number of nitrogens with one attached hydrogen (secondary N) is 1. The summed E-state index contributed by atoms with van der Waals surface area (Å²) in [5.74, 6) is 0. The van der Waals surface area contributed by atoms with E-state index in [-0.39, 0.29) is 6.98 Å². The number of aromatic nitrogens is 2. The molecule has 0 spiro atoms. The average Bonchev–Trinajstić information content (AvgIpc) is 3.20. The molecule has 2 aromatic carbocycles.